The van der Waals surface area contributed by atoms with Gasteiger partial charge in [0.15, 0.2) is 0 Å². The molecule has 1 unspecified atom stereocenters. The van der Waals surface area contributed by atoms with E-state index in [2.05, 4.69) is 26.2 Å². The Labute approximate surface area is 125 Å². The first kappa shape index (κ1) is 14.4. The summed E-state index contributed by atoms with van der Waals surface area (Å²) in [5, 5.41) is 3.63. The first-order chi connectivity index (χ1) is 9.13. The van der Waals surface area contributed by atoms with Gasteiger partial charge in [-0.3, -0.25) is 4.98 Å². The van der Waals surface area contributed by atoms with Gasteiger partial charge in [-0.1, -0.05) is 24.6 Å². The summed E-state index contributed by atoms with van der Waals surface area (Å²) in [6.07, 6.45) is 1.69. The van der Waals surface area contributed by atoms with Crippen LogP contribution in [0, 0.1) is 5.82 Å². The molecule has 5 heteroatoms. The Morgan fingerprint density at radius 2 is 2.21 bits per heavy atom. The van der Waals surface area contributed by atoms with Gasteiger partial charge in [0.05, 0.1) is 11.7 Å². The molecule has 0 saturated heterocycles. The number of aromatic nitrogens is 1. The summed E-state index contributed by atoms with van der Waals surface area (Å²) in [5.41, 5.74) is 1.29. The van der Waals surface area contributed by atoms with Crippen molar-refractivity contribution >= 4 is 27.5 Å². The molecule has 100 valence electrons. The molecule has 1 heterocycles. The Bertz CT molecular complexity index is 577. The lowest BCUT2D eigenvalue weighted by Gasteiger charge is -2.19. The van der Waals surface area contributed by atoms with Gasteiger partial charge in [0, 0.05) is 21.3 Å². The number of halogens is 3. The molecule has 2 rings (SSSR count). The van der Waals surface area contributed by atoms with E-state index in [9.17, 15) is 4.39 Å². The van der Waals surface area contributed by atoms with Crippen molar-refractivity contribution in [2.24, 2.45) is 0 Å². The van der Waals surface area contributed by atoms with Gasteiger partial charge in [-0.05, 0) is 46.7 Å². The Balaban J connectivity index is 2.48. The van der Waals surface area contributed by atoms with Crippen LogP contribution < -0.4 is 5.32 Å². The number of benzene rings is 1. The van der Waals surface area contributed by atoms with Crippen molar-refractivity contribution in [3.63, 3.8) is 0 Å². The molecular weight excluding hydrogens is 331 g/mol. The summed E-state index contributed by atoms with van der Waals surface area (Å²) in [5.74, 6) is -0.337. The molecule has 0 radical (unpaired) electrons. The molecular formula is C14H13BrClFN2. The van der Waals surface area contributed by atoms with Crippen LogP contribution >= 0.6 is 27.5 Å². The third kappa shape index (κ3) is 3.32. The second-order valence-corrected chi connectivity index (χ2v) is 5.32. The minimum absolute atomic E-state index is 0.308. The van der Waals surface area contributed by atoms with Crippen LogP contribution in [-0.2, 0) is 0 Å². The average molecular weight is 344 g/mol. The third-order valence-electron chi connectivity index (χ3n) is 2.74. The lowest BCUT2D eigenvalue weighted by atomic mass is 10.0. The van der Waals surface area contributed by atoms with Crippen LogP contribution in [-0.4, -0.2) is 11.5 Å². The number of pyridine rings is 1. The predicted octanol–water partition coefficient (Wildman–Crippen LogP) is 4.34. The van der Waals surface area contributed by atoms with Gasteiger partial charge < -0.3 is 5.32 Å². The maximum atomic E-state index is 14.1. The third-order valence-corrected chi connectivity index (χ3v) is 3.65. The van der Waals surface area contributed by atoms with Gasteiger partial charge in [-0.2, -0.15) is 0 Å². The predicted molar refractivity (Wildman–Crippen MR) is 78.9 cm³/mol. The zero-order chi connectivity index (χ0) is 13.8. The molecule has 19 heavy (non-hydrogen) atoms. The van der Waals surface area contributed by atoms with E-state index in [1.807, 2.05) is 19.1 Å². The van der Waals surface area contributed by atoms with Crippen LogP contribution in [0.1, 0.15) is 24.2 Å². The standard InChI is InChI=1S/C14H13BrClFN2/c1-2-18-13(14-11(15)4-3-7-19-14)10-6-5-9(16)8-12(10)17/h3-8,13,18H,2H2,1H3. The summed E-state index contributed by atoms with van der Waals surface area (Å²) < 4.78 is 14.9. The molecule has 0 aliphatic carbocycles. The molecule has 1 aromatic carbocycles. The van der Waals surface area contributed by atoms with E-state index in [-0.39, 0.29) is 11.9 Å². The Morgan fingerprint density at radius 3 is 2.84 bits per heavy atom. The number of hydrogen-bond donors (Lipinski definition) is 1. The molecule has 0 spiro atoms. The molecule has 0 fully saturated rings. The highest BCUT2D eigenvalue weighted by molar-refractivity contribution is 9.10. The monoisotopic (exact) mass is 342 g/mol. The van der Waals surface area contributed by atoms with E-state index in [1.54, 1.807) is 18.3 Å². The van der Waals surface area contributed by atoms with Crippen molar-refractivity contribution in [2.75, 3.05) is 6.54 Å². The van der Waals surface area contributed by atoms with Crippen LogP contribution in [0.3, 0.4) is 0 Å². The van der Waals surface area contributed by atoms with E-state index >= 15 is 0 Å². The summed E-state index contributed by atoms with van der Waals surface area (Å²) >= 11 is 9.24. The summed E-state index contributed by atoms with van der Waals surface area (Å²) in [4.78, 5) is 4.33. The first-order valence-electron chi connectivity index (χ1n) is 5.92. The van der Waals surface area contributed by atoms with E-state index in [4.69, 9.17) is 11.6 Å². The topological polar surface area (TPSA) is 24.9 Å². The molecule has 0 bridgehead atoms. The largest absolute Gasteiger partial charge is 0.305 e. The maximum Gasteiger partial charge on any atom is 0.129 e. The SMILES string of the molecule is CCNC(c1ccc(Cl)cc1F)c1ncccc1Br. The molecule has 0 saturated carbocycles. The number of hydrogen-bond acceptors (Lipinski definition) is 2. The number of nitrogens with one attached hydrogen (secondary N) is 1. The number of rotatable bonds is 4. The van der Waals surface area contributed by atoms with Crippen molar-refractivity contribution in [3.05, 3.63) is 63.1 Å². The second kappa shape index (κ2) is 6.46. The average Bonchev–Trinajstić information content (AvgIpc) is 2.38. The van der Waals surface area contributed by atoms with Gasteiger partial charge in [0.2, 0.25) is 0 Å². The maximum absolute atomic E-state index is 14.1. The normalized spacial score (nSPS) is 12.4. The lowest BCUT2D eigenvalue weighted by molar-refractivity contribution is 0.551. The zero-order valence-electron chi connectivity index (χ0n) is 10.3. The van der Waals surface area contributed by atoms with Crippen LogP contribution in [0.5, 0.6) is 0 Å². The van der Waals surface area contributed by atoms with Gasteiger partial charge in [-0.25, -0.2) is 4.39 Å². The van der Waals surface area contributed by atoms with Crippen LogP contribution in [0.15, 0.2) is 41.0 Å². The minimum Gasteiger partial charge on any atom is -0.305 e. The van der Waals surface area contributed by atoms with Crippen molar-refractivity contribution in [2.45, 2.75) is 13.0 Å². The van der Waals surface area contributed by atoms with Crippen molar-refractivity contribution < 1.29 is 4.39 Å². The quantitative estimate of drug-likeness (QED) is 0.893. The van der Waals surface area contributed by atoms with Gasteiger partial charge in [0.25, 0.3) is 0 Å². The molecule has 0 amide bonds. The van der Waals surface area contributed by atoms with Crippen molar-refractivity contribution in [1.82, 2.24) is 10.3 Å². The molecule has 1 N–H and O–H groups in total. The second-order valence-electron chi connectivity index (χ2n) is 4.03. The van der Waals surface area contributed by atoms with Crippen LogP contribution in [0.2, 0.25) is 5.02 Å². The van der Waals surface area contributed by atoms with Crippen molar-refractivity contribution in [1.29, 1.82) is 0 Å². The number of nitrogens with zero attached hydrogens (tertiary/aromatic N) is 1. The molecule has 0 aliphatic heterocycles. The molecule has 2 nitrogen and oxygen atoms in total. The highest BCUT2D eigenvalue weighted by atomic mass is 79.9. The Morgan fingerprint density at radius 1 is 1.42 bits per heavy atom. The fourth-order valence-corrected chi connectivity index (χ4v) is 2.55. The molecule has 2 aromatic rings. The molecule has 1 aromatic heterocycles. The molecule has 1 atom stereocenters. The fourth-order valence-electron chi connectivity index (χ4n) is 1.90. The Hall–Kier alpha value is -0.970. The minimum atomic E-state index is -0.337. The first-order valence-corrected chi connectivity index (χ1v) is 7.09. The fraction of sp³-hybridized carbons (Fsp3) is 0.214. The van der Waals surface area contributed by atoms with E-state index in [0.29, 0.717) is 17.1 Å². The van der Waals surface area contributed by atoms with E-state index < -0.39 is 0 Å². The summed E-state index contributed by atoms with van der Waals surface area (Å²) in [7, 11) is 0. The smallest absolute Gasteiger partial charge is 0.129 e. The van der Waals surface area contributed by atoms with E-state index in [1.165, 1.54) is 6.07 Å². The highest BCUT2D eigenvalue weighted by Gasteiger charge is 2.20. The van der Waals surface area contributed by atoms with Gasteiger partial charge >= 0.3 is 0 Å². The highest BCUT2D eigenvalue weighted by Crippen LogP contribution is 2.29. The zero-order valence-corrected chi connectivity index (χ0v) is 12.7. The summed E-state index contributed by atoms with van der Waals surface area (Å²) in [6, 6.07) is 8.10. The van der Waals surface area contributed by atoms with Gasteiger partial charge in [0.1, 0.15) is 5.82 Å². The van der Waals surface area contributed by atoms with E-state index in [0.717, 1.165) is 10.2 Å². The van der Waals surface area contributed by atoms with Crippen molar-refractivity contribution in [3.8, 4) is 0 Å². The Kier molecular flexibility index (Phi) is 4.91. The lowest BCUT2D eigenvalue weighted by Crippen LogP contribution is -2.24. The molecule has 0 aliphatic rings. The van der Waals surface area contributed by atoms with Crippen LogP contribution in [0.4, 0.5) is 4.39 Å². The van der Waals surface area contributed by atoms with Crippen LogP contribution in [0.25, 0.3) is 0 Å². The summed E-state index contributed by atoms with van der Waals surface area (Å²) in [6.45, 7) is 2.67. The van der Waals surface area contributed by atoms with Gasteiger partial charge in [-0.15, -0.1) is 0 Å².